The second-order valence-corrected chi connectivity index (χ2v) is 5.34. The highest BCUT2D eigenvalue weighted by atomic mass is 32.1. The van der Waals surface area contributed by atoms with Crippen LogP contribution in [0.3, 0.4) is 0 Å². The minimum absolute atomic E-state index is 0.346. The van der Waals surface area contributed by atoms with E-state index in [-0.39, 0.29) is 0 Å². The van der Waals surface area contributed by atoms with E-state index >= 15 is 0 Å². The summed E-state index contributed by atoms with van der Waals surface area (Å²) in [5, 5.41) is 3.59. The summed E-state index contributed by atoms with van der Waals surface area (Å²) in [4.78, 5) is 5.39. The van der Waals surface area contributed by atoms with Crippen LogP contribution in [0.4, 0.5) is 0 Å². The first-order valence-electron chi connectivity index (χ1n) is 5.88. The van der Waals surface area contributed by atoms with Crippen molar-refractivity contribution in [1.29, 1.82) is 0 Å². The van der Waals surface area contributed by atoms with Crippen molar-refractivity contribution < 1.29 is 0 Å². The summed E-state index contributed by atoms with van der Waals surface area (Å²) in [5.41, 5.74) is 4.51. The highest BCUT2D eigenvalue weighted by Gasteiger charge is 2.11. The van der Waals surface area contributed by atoms with Crippen LogP contribution in [0, 0.1) is 6.92 Å². The lowest BCUT2D eigenvalue weighted by Gasteiger charge is -2.19. The lowest BCUT2D eigenvalue weighted by atomic mass is 10.1. The van der Waals surface area contributed by atoms with Crippen molar-refractivity contribution in [2.45, 2.75) is 32.9 Å². The van der Waals surface area contributed by atoms with Gasteiger partial charge in [0.15, 0.2) is 0 Å². The van der Waals surface area contributed by atoms with Crippen molar-refractivity contribution in [1.82, 2.24) is 10.3 Å². The fourth-order valence-electron chi connectivity index (χ4n) is 1.85. The van der Waals surface area contributed by atoms with E-state index in [2.05, 4.69) is 55.3 Å². The Balaban J connectivity index is 2.01. The molecule has 0 radical (unpaired) electrons. The molecule has 1 aromatic carbocycles. The van der Waals surface area contributed by atoms with Crippen LogP contribution in [0.25, 0.3) is 0 Å². The number of hydrogen-bond donors (Lipinski definition) is 1. The van der Waals surface area contributed by atoms with E-state index in [1.165, 1.54) is 16.0 Å². The van der Waals surface area contributed by atoms with Gasteiger partial charge in [0.2, 0.25) is 0 Å². The fraction of sp³-hybridized carbons (Fsp3) is 0.357. The third-order valence-corrected chi connectivity index (χ3v) is 3.91. The molecular formula is C14H18N2S. The van der Waals surface area contributed by atoms with Gasteiger partial charge in [-0.25, -0.2) is 0 Å². The molecule has 17 heavy (non-hydrogen) atoms. The standard InChI is InChI=1S/C14H18N2S/c1-10-4-6-13(7-5-10)11(2)16-12(3)14-8-15-9-17-14/h4-9,11-12,16H,1-3H3/t11-,12?/m0/s1. The Labute approximate surface area is 107 Å². The number of thiazole rings is 1. The predicted octanol–water partition coefficient (Wildman–Crippen LogP) is 3.86. The zero-order chi connectivity index (χ0) is 12.3. The van der Waals surface area contributed by atoms with Gasteiger partial charge in [0.25, 0.3) is 0 Å². The van der Waals surface area contributed by atoms with Crippen LogP contribution in [-0.4, -0.2) is 4.98 Å². The average molecular weight is 246 g/mol. The maximum atomic E-state index is 4.11. The normalized spacial score (nSPS) is 14.5. The highest BCUT2D eigenvalue weighted by molar-refractivity contribution is 7.09. The van der Waals surface area contributed by atoms with Crippen molar-refractivity contribution >= 4 is 11.3 Å². The smallest absolute Gasteiger partial charge is 0.0794 e. The van der Waals surface area contributed by atoms with E-state index in [4.69, 9.17) is 0 Å². The van der Waals surface area contributed by atoms with Gasteiger partial charge in [-0.1, -0.05) is 29.8 Å². The second kappa shape index (κ2) is 5.43. The number of rotatable bonds is 4. The molecule has 0 aliphatic carbocycles. The summed E-state index contributed by atoms with van der Waals surface area (Å²) in [5.74, 6) is 0. The van der Waals surface area contributed by atoms with Gasteiger partial charge in [0, 0.05) is 23.2 Å². The molecule has 0 aliphatic heterocycles. The number of hydrogen-bond acceptors (Lipinski definition) is 3. The number of aryl methyl sites for hydroxylation is 1. The van der Waals surface area contributed by atoms with Gasteiger partial charge in [0.05, 0.1) is 5.51 Å². The Morgan fingerprint density at radius 2 is 1.82 bits per heavy atom. The molecule has 0 bridgehead atoms. The van der Waals surface area contributed by atoms with Crippen LogP contribution in [0.15, 0.2) is 36.0 Å². The molecule has 0 fully saturated rings. The maximum absolute atomic E-state index is 4.11. The van der Waals surface area contributed by atoms with Crippen LogP contribution in [0.2, 0.25) is 0 Å². The molecule has 0 aliphatic rings. The molecule has 0 spiro atoms. The Morgan fingerprint density at radius 3 is 2.41 bits per heavy atom. The predicted molar refractivity (Wildman–Crippen MR) is 73.3 cm³/mol. The molecular weight excluding hydrogens is 228 g/mol. The molecule has 2 atom stereocenters. The number of nitrogens with zero attached hydrogens (tertiary/aromatic N) is 1. The molecule has 0 saturated heterocycles. The van der Waals surface area contributed by atoms with Crippen molar-refractivity contribution in [3.63, 3.8) is 0 Å². The zero-order valence-electron chi connectivity index (χ0n) is 10.5. The van der Waals surface area contributed by atoms with Gasteiger partial charge in [-0.05, 0) is 26.3 Å². The van der Waals surface area contributed by atoms with Crippen molar-refractivity contribution in [2.75, 3.05) is 0 Å². The highest BCUT2D eigenvalue weighted by Crippen LogP contribution is 2.21. The maximum Gasteiger partial charge on any atom is 0.0794 e. The topological polar surface area (TPSA) is 24.9 Å². The minimum atomic E-state index is 0.346. The Kier molecular flexibility index (Phi) is 3.92. The van der Waals surface area contributed by atoms with Crippen molar-refractivity contribution in [3.05, 3.63) is 52.0 Å². The SMILES string of the molecule is Cc1ccc([C@H](C)NC(C)c2cncs2)cc1. The number of benzene rings is 1. The van der Waals surface area contributed by atoms with Crippen molar-refractivity contribution in [3.8, 4) is 0 Å². The van der Waals surface area contributed by atoms with E-state index in [1.54, 1.807) is 11.3 Å². The van der Waals surface area contributed by atoms with Gasteiger partial charge in [-0.15, -0.1) is 11.3 Å². The Morgan fingerprint density at radius 1 is 1.12 bits per heavy atom. The Bertz CT molecular complexity index is 448. The average Bonchev–Trinajstić information content (AvgIpc) is 2.83. The van der Waals surface area contributed by atoms with Crippen LogP contribution >= 0.6 is 11.3 Å². The molecule has 1 aromatic heterocycles. The largest absolute Gasteiger partial charge is 0.303 e. The molecule has 0 amide bonds. The van der Waals surface area contributed by atoms with Crippen LogP contribution in [0.1, 0.15) is 41.9 Å². The number of nitrogens with one attached hydrogen (secondary N) is 1. The molecule has 2 nitrogen and oxygen atoms in total. The first kappa shape index (κ1) is 12.3. The van der Waals surface area contributed by atoms with E-state index in [0.29, 0.717) is 12.1 Å². The van der Waals surface area contributed by atoms with Crippen LogP contribution < -0.4 is 5.32 Å². The van der Waals surface area contributed by atoms with Gasteiger partial charge in [0.1, 0.15) is 0 Å². The molecule has 2 rings (SSSR count). The summed E-state index contributed by atoms with van der Waals surface area (Å²) in [6, 6.07) is 9.39. The molecule has 90 valence electrons. The van der Waals surface area contributed by atoms with Gasteiger partial charge in [-0.2, -0.15) is 0 Å². The molecule has 0 saturated carbocycles. The Hall–Kier alpha value is -1.19. The quantitative estimate of drug-likeness (QED) is 0.886. The monoisotopic (exact) mass is 246 g/mol. The lowest BCUT2D eigenvalue weighted by Crippen LogP contribution is -2.21. The first-order valence-corrected chi connectivity index (χ1v) is 6.76. The minimum Gasteiger partial charge on any atom is -0.303 e. The van der Waals surface area contributed by atoms with E-state index in [0.717, 1.165) is 0 Å². The number of aromatic nitrogens is 1. The molecule has 3 heteroatoms. The molecule has 1 heterocycles. The van der Waals surface area contributed by atoms with Crippen LogP contribution in [-0.2, 0) is 0 Å². The molecule has 2 aromatic rings. The van der Waals surface area contributed by atoms with Gasteiger partial charge >= 0.3 is 0 Å². The third kappa shape index (κ3) is 3.14. The summed E-state index contributed by atoms with van der Waals surface area (Å²) in [6.07, 6.45) is 1.93. The molecule has 1 N–H and O–H groups in total. The van der Waals surface area contributed by atoms with Gasteiger partial charge < -0.3 is 5.32 Å². The summed E-state index contributed by atoms with van der Waals surface area (Å²) >= 11 is 1.70. The fourth-order valence-corrected chi connectivity index (χ4v) is 2.49. The second-order valence-electron chi connectivity index (χ2n) is 4.42. The van der Waals surface area contributed by atoms with E-state index in [1.807, 2.05) is 11.7 Å². The summed E-state index contributed by atoms with van der Waals surface area (Å²) in [6.45, 7) is 6.49. The van der Waals surface area contributed by atoms with E-state index in [9.17, 15) is 0 Å². The van der Waals surface area contributed by atoms with Crippen LogP contribution in [0.5, 0.6) is 0 Å². The van der Waals surface area contributed by atoms with Gasteiger partial charge in [-0.3, -0.25) is 4.98 Å². The first-order chi connectivity index (χ1) is 8.16. The summed E-state index contributed by atoms with van der Waals surface area (Å²) < 4.78 is 0. The van der Waals surface area contributed by atoms with Crippen molar-refractivity contribution in [2.24, 2.45) is 0 Å². The zero-order valence-corrected chi connectivity index (χ0v) is 11.3. The summed E-state index contributed by atoms with van der Waals surface area (Å²) in [7, 11) is 0. The van der Waals surface area contributed by atoms with E-state index < -0.39 is 0 Å². The lowest BCUT2D eigenvalue weighted by molar-refractivity contribution is 0.499. The third-order valence-electron chi connectivity index (χ3n) is 2.96. The molecule has 1 unspecified atom stereocenters.